The van der Waals surface area contributed by atoms with Crippen molar-refractivity contribution in [1.29, 1.82) is 0 Å². The minimum Gasteiger partial charge on any atom is -0.496 e. The van der Waals surface area contributed by atoms with Crippen LogP contribution < -0.4 is 20.1 Å². The number of rotatable bonds is 14. The van der Waals surface area contributed by atoms with Gasteiger partial charge < -0.3 is 25.2 Å². The molecule has 0 spiro atoms. The van der Waals surface area contributed by atoms with Crippen molar-refractivity contribution in [2.75, 3.05) is 20.8 Å². The number of aryl methyl sites for hydroxylation is 1. The van der Waals surface area contributed by atoms with Crippen LogP contribution in [-0.4, -0.2) is 59.6 Å². The maximum atomic E-state index is 13.5. The van der Waals surface area contributed by atoms with E-state index in [2.05, 4.69) is 29.6 Å². The van der Waals surface area contributed by atoms with Crippen LogP contribution in [0, 0.1) is 5.92 Å². The number of ether oxygens (including phenoxy) is 2. The minimum atomic E-state index is -0.804. The molecule has 9 nitrogen and oxygen atoms in total. The maximum absolute atomic E-state index is 13.5. The Morgan fingerprint density at radius 2 is 1.69 bits per heavy atom. The fourth-order valence-corrected chi connectivity index (χ4v) is 4.26. The number of carbonyl (C=O) groups excluding carboxylic acids is 2. The Balaban J connectivity index is 1.91. The normalized spacial score (nSPS) is 12.6. The van der Waals surface area contributed by atoms with Crippen molar-refractivity contribution in [3.8, 4) is 22.8 Å². The number of aromatic nitrogens is 2. The molecule has 3 N–H and O–H groups in total. The molecule has 39 heavy (non-hydrogen) atoms. The zero-order valence-corrected chi connectivity index (χ0v) is 23.4. The van der Waals surface area contributed by atoms with Gasteiger partial charge in [-0.05, 0) is 48.9 Å². The van der Waals surface area contributed by atoms with Crippen LogP contribution in [-0.2, 0) is 17.8 Å². The summed E-state index contributed by atoms with van der Waals surface area (Å²) in [5.74, 6) is 0.646. The number of methoxy groups -OCH3 is 2. The minimum absolute atomic E-state index is 0.119. The van der Waals surface area contributed by atoms with Gasteiger partial charge in [0.1, 0.15) is 17.5 Å². The van der Waals surface area contributed by atoms with Crippen molar-refractivity contribution >= 4 is 11.8 Å². The van der Waals surface area contributed by atoms with Crippen LogP contribution >= 0.6 is 0 Å². The number of benzene rings is 2. The highest BCUT2D eigenvalue weighted by Crippen LogP contribution is 2.38. The Hall–Kier alpha value is -3.85. The average molecular weight is 537 g/mol. The smallest absolute Gasteiger partial charge is 0.272 e. The number of carbonyl (C=O) groups is 2. The second-order valence-corrected chi connectivity index (χ2v) is 9.89. The summed E-state index contributed by atoms with van der Waals surface area (Å²) in [5.41, 5.74) is 2.62. The Kier molecular flexibility index (Phi) is 10.9. The Morgan fingerprint density at radius 3 is 2.28 bits per heavy atom. The van der Waals surface area contributed by atoms with E-state index in [0.717, 1.165) is 5.56 Å². The number of aliphatic hydroxyl groups is 1. The SMILES string of the molecule is CCC(O)CNC(=O)C(CCc1ccccc1)NC(=O)c1cc(-c2c(OC)cccc2OC)n(CC(C)C)n1. The van der Waals surface area contributed by atoms with E-state index >= 15 is 0 Å². The first-order chi connectivity index (χ1) is 18.8. The zero-order chi connectivity index (χ0) is 28.4. The molecule has 0 fully saturated rings. The van der Waals surface area contributed by atoms with Crippen molar-refractivity contribution in [3.05, 3.63) is 65.9 Å². The monoisotopic (exact) mass is 536 g/mol. The second kappa shape index (κ2) is 14.3. The number of hydrogen-bond acceptors (Lipinski definition) is 6. The predicted molar refractivity (Wildman–Crippen MR) is 151 cm³/mol. The van der Waals surface area contributed by atoms with Gasteiger partial charge in [-0.25, -0.2) is 0 Å². The van der Waals surface area contributed by atoms with Gasteiger partial charge in [0, 0.05) is 13.1 Å². The molecule has 0 radical (unpaired) electrons. The molecule has 210 valence electrons. The van der Waals surface area contributed by atoms with E-state index in [9.17, 15) is 14.7 Å². The molecule has 1 aromatic heterocycles. The van der Waals surface area contributed by atoms with Crippen LogP contribution in [0.25, 0.3) is 11.3 Å². The lowest BCUT2D eigenvalue weighted by molar-refractivity contribution is -0.123. The average Bonchev–Trinajstić information content (AvgIpc) is 3.36. The first-order valence-electron chi connectivity index (χ1n) is 13.4. The van der Waals surface area contributed by atoms with E-state index in [1.165, 1.54) is 0 Å². The zero-order valence-electron chi connectivity index (χ0n) is 23.4. The highest BCUT2D eigenvalue weighted by Gasteiger charge is 2.26. The molecule has 0 aliphatic rings. The van der Waals surface area contributed by atoms with E-state index in [4.69, 9.17) is 9.47 Å². The molecule has 9 heteroatoms. The van der Waals surface area contributed by atoms with E-state index < -0.39 is 18.1 Å². The first kappa shape index (κ1) is 29.7. The van der Waals surface area contributed by atoms with Crippen molar-refractivity contribution < 1.29 is 24.2 Å². The van der Waals surface area contributed by atoms with Crippen molar-refractivity contribution in [2.24, 2.45) is 5.92 Å². The third-order valence-electron chi connectivity index (χ3n) is 6.40. The lowest BCUT2D eigenvalue weighted by atomic mass is 10.0. The second-order valence-electron chi connectivity index (χ2n) is 9.89. The molecular formula is C30H40N4O5. The summed E-state index contributed by atoms with van der Waals surface area (Å²) in [4.78, 5) is 26.5. The van der Waals surface area contributed by atoms with Crippen LogP contribution in [0.3, 0.4) is 0 Å². The number of nitrogens with one attached hydrogen (secondary N) is 2. The Morgan fingerprint density at radius 1 is 1.03 bits per heavy atom. The Bertz CT molecular complexity index is 1200. The van der Waals surface area contributed by atoms with Gasteiger partial charge in [-0.15, -0.1) is 0 Å². The summed E-state index contributed by atoms with van der Waals surface area (Å²) in [6, 6.07) is 16.2. The predicted octanol–water partition coefficient (Wildman–Crippen LogP) is 3.84. The molecule has 2 atom stereocenters. The quantitative estimate of drug-likeness (QED) is 0.288. The van der Waals surface area contributed by atoms with E-state index in [1.54, 1.807) is 25.0 Å². The van der Waals surface area contributed by atoms with Gasteiger partial charge in [0.15, 0.2) is 5.69 Å². The molecule has 0 aliphatic heterocycles. The lowest BCUT2D eigenvalue weighted by Crippen LogP contribution is -2.48. The number of aliphatic hydroxyl groups excluding tert-OH is 1. The highest BCUT2D eigenvalue weighted by molar-refractivity contribution is 5.97. The van der Waals surface area contributed by atoms with Crippen LogP contribution in [0.15, 0.2) is 54.6 Å². The van der Waals surface area contributed by atoms with Gasteiger partial charge in [0.2, 0.25) is 5.91 Å². The fourth-order valence-electron chi connectivity index (χ4n) is 4.26. The van der Waals surface area contributed by atoms with E-state index in [-0.39, 0.29) is 24.1 Å². The highest BCUT2D eigenvalue weighted by atomic mass is 16.5. The van der Waals surface area contributed by atoms with Crippen LogP contribution in [0.4, 0.5) is 0 Å². The molecule has 0 saturated carbocycles. The summed E-state index contributed by atoms with van der Waals surface area (Å²) < 4.78 is 13.0. The van der Waals surface area contributed by atoms with Gasteiger partial charge in [0.25, 0.3) is 5.91 Å². The van der Waals surface area contributed by atoms with Gasteiger partial charge in [-0.3, -0.25) is 14.3 Å². The summed E-state index contributed by atoms with van der Waals surface area (Å²) >= 11 is 0. The fraction of sp³-hybridized carbons (Fsp3) is 0.433. The molecule has 3 rings (SSSR count). The van der Waals surface area contributed by atoms with Crippen LogP contribution in [0.1, 0.15) is 49.7 Å². The third-order valence-corrected chi connectivity index (χ3v) is 6.40. The lowest BCUT2D eigenvalue weighted by Gasteiger charge is -2.19. The topological polar surface area (TPSA) is 115 Å². The standard InChI is InChI=1S/C30H40N4O5/c1-6-22(35)18-31-29(36)23(16-15-21-11-8-7-9-12-21)32-30(37)24-17-25(34(33-24)19-20(2)3)28-26(38-4)13-10-14-27(28)39-5/h7-14,17,20,22-23,35H,6,15-16,18-19H2,1-5H3,(H,31,36)(H,32,37). The molecule has 0 bridgehead atoms. The van der Waals surface area contributed by atoms with Crippen molar-refractivity contribution in [3.63, 3.8) is 0 Å². The summed E-state index contributed by atoms with van der Waals surface area (Å²) in [5, 5.41) is 20.2. The van der Waals surface area contributed by atoms with E-state index in [0.29, 0.717) is 48.6 Å². The molecule has 2 unspecified atom stereocenters. The molecule has 2 aromatic carbocycles. The molecule has 0 saturated heterocycles. The molecule has 1 heterocycles. The number of amides is 2. The van der Waals surface area contributed by atoms with Crippen LogP contribution in [0.5, 0.6) is 11.5 Å². The number of hydrogen-bond donors (Lipinski definition) is 3. The summed E-state index contributed by atoms with van der Waals surface area (Å²) in [6.07, 6.45) is 0.860. The van der Waals surface area contributed by atoms with Crippen LogP contribution in [0.2, 0.25) is 0 Å². The summed E-state index contributed by atoms with van der Waals surface area (Å²) in [6.45, 7) is 6.66. The Labute approximate surface area is 230 Å². The van der Waals surface area contributed by atoms with Gasteiger partial charge in [0.05, 0.1) is 31.6 Å². The summed E-state index contributed by atoms with van der Waals surface area (Å²) in [7, 11) is 3.17. The molecule has 2 amide bonds. The van der Waals surface area contributed by atoms with Gasteiger partial charge >= 0.3 is 0 Å². The largest absolute Gasteiger partial charge is 0.496 e. The third kappa shape index (κ3) is 8.07. The van der Waals surface area contributed by atoms with Gasteiger partial charge in [-0.2, -0.15) is 5.10 Å². The van der Waals surface area contributed by atoms with Crippen molar-refractivity contribution in [1.82, 2.24) is 20.4 Å². The van der Waals surface area contributed by atoms with Gasteiger partial charge in [-0.1, -0.05) is 57.2 Å². The van der Waals surface area contributed by atoms with Crippen molar-refractivity contribution in [2.45, 2.75) is 58.7 Å². The molecule has 0 aliphatic carbocycles. The molecular weight excluding hydrogens is 496 g/mol. The number of nitrogens with zero attached hydrogens (tertiary/aromatic N) is 2. The maximum Gasteiger partial charge on any atom is 0.272 e. The van der Waals surface area contributed by atoms with E-state index in [1.807, 2.05) is 55.5 Å². The first-order valence-corrected chi connectivity index (χ1v) is 13.4. The molecule has 3 aromatic rings.